The molecule has 2 aromatic carbocycles. The lowest BCUT2D eigenvalue weighted by Gasteiger charge is -2.13. The SMILES string of the molecule is Cc1cc(NC(=O)COc2cccc(C(N)=O)c2)n(-c2cc(C(F)(F)F)ccc2Cl)n1. The molecule has 0 aliphatic rings. The van der Waals surface area contributed by atoms with E-state index in [2.05, 4.69) is 10.4 Å². The Kier molecular flexibility index (Phi) is 6.21. The Balaban J connectivity index is 1.79. The van der Waals surface area contributed by atoms with Gasteiger partial charge >= 0.3 is 6.18 Å². The average Bonchev–Trinajstić information content (AvgIpc) is 3.05. The van der Waals surface area contributed by atoms with E-state index in [0.29, 0.717) is 5.69 Å². The molecular formula is C20H16ClF3N4O3. The van der Waals surface area contributed by atoms with Gasteiger partial charge in [0.15, 0.2) is 6.61 Å². The Labute approximate surface area is 179 Å². The molecule has 0 atom stereocenters. The van der Waals surface area contributed by atoms with Crippen LogP contribution in [0.4, 0.5) is 19.0 Å². The van der Waals surface area contributed by atoms with E-state index >= 15 is 0 Å². The Bertz CT molecular complexity index is 1140. The summed E-state index contributed by atoms with van der Waals surface area (Å²) in [6.07, 6.45) is -4.57. The highest BCUT2D eigenvalue weighted by Crippen LogP contribution is 2.34. The van der Waals surface area contributed by atoms with Crippen molar-refractivity contribution in [1.29, 1.82) is 0 Å². The molecule has 0 saturated heterocycles. The number of amides is 2. The highest BCUT2D eigenvalue weighted by Gasteiger charge is 2.31. The second-order valence-electron chi connectivity index (χ2n) is 6.48. The number of carbonyl (C=O) groups is 2. The van der Waals surface area contributed by atoms with Crippen LogP contribution >= 0.6 is 11.6 Å². The molecule has 1 aromatic heterocycles. The zero-order valence-corrected chi connectivity index (χ0v) is 16.8. The lowest BCUT2D eigenvalue weighted by molar-refractivity contribution is -0.137. The van der Waals surface area contributed by atoms with Crippen LogP contribution in [-0.4, -0.2) is 28.2 Å². The fraction of sp³-hybridized carbons (Fsp3) is 0.150. The summed E-state index contributed by atoms with van der Waals surface area (Å²) in [6.45, 7) is 1.18. The molecule has 0 aliphatic carbocycles. The number of nitrogens with two attached hydrogens (primary N) is 1. The zero-order valence-electron chi connectivity index (χ0n) is 16.0. The van der Waals surface area contributed by atoms with Crippen molar-refractivity contribution in [2.75, 3.05) is 11.9 Å². The molecule has 11 heteroatoms. The van der Waals surface area contributed by atoms with Crippen LogP contribution in [0.1, 0.15) is 21.6 Å². The van der Waals surface area contributed by atoms with E-state index in [0.717, 1.165) is 22.9 Å². The van der Waals surface area contributed by atoms with E-state index in [1.165, 1.54) is 24.3 Å². The van der Waals surface area contributed by atoms with E-state index < -0.39 is 30.2 Å². The molecule has 0 fully saturated rings. The Hall–Kier alpha value is -3.53. The van der Waals surface area contributed by atoms with Crippen LogP contribution in [0.5, 0.6) is 5.75 Å². The molecule has 0 spiro atoms. The van der Waals surface area contributed by atoms with Gasteiger partial charge in [0.1, 0.15) is 11.6 Å². The van der Waals surface area contributed by atoms with E-state index in [-0.39, 0.29) is 27.8 Å². The number of primary amides is 1. The Morgan fingerprint density at radius 1 is 1.19 bits per heavy atom. The van der Waals surface area contributed by atoms with Gasteiger partial charge in [0.2, 0.25) is 5.91 Å². The van der Waals surface area contributed by atoms with Crippen LogP contribution in [0, 0.1) is 6.92 Å². The number of rotatable bonds is 6. The number of hydrogen-bond acceptors (Lipinski definition) is 4. The molecule has 0 unspecified atom stereocenters. The highest BCUT2D eigenvalue weighted by atomic mass is 35.5. The van der Waals surface area contributed by atoms with Gasteiger partial charge in [-0.15, -0.1) is 0 Å². The minimum absolute atomic E-state index is 0.0196. The molecule has 0 radical (unpaired) electrons. The Morgan fingerprint density at radius 3 is 2.61 bits per heavy atom. The number of carbonyl (C=O) groups excluding carboxylic acids is 2. The molecule has 162 valence electrons. The molecule has 7 nitrogen and oxygen atoms in total. The van der Waals surface area contributed by atoms with Gasteiger partial charge in [0.25, 0.3) is 5.91 Å². The molecule has 3 aromatic rings. The maximum atomic E-state index is 13.1. The summed E-state index contributed by atoms with van der Waals surface area (Å²) in [6, 6.07) is 10.2. The van der Waals surface area contributed by atoms with Crippen molar-refractivity contribution in [2.24, 2.45) is 5.73 Å². The molecule has 0 saturated carbocycles. The van der Waals surface area contributed by atoms with Gasteiger partial charge in [-0.2, -0.15) is 18.3 Å². The predicted octanol–water partition coefficient (Wildman–Crippen LogP) is 3.97. The monoisotopic (exact) mass is 452 g/mol. The summed E-state index contributed by atoms with van der Waals surface area (Å²) < 4.78 is 45.7. The highest BCUT2D eigenvalue weighted by molar-refractivity contribution is 6.32. The Morgan fingerprint density at radius 2 is 1.94 bits per heavy atom. The summed E-state index contributed by atoms with van der Waals surface area (Å²) in [5, 5.41) is 6.67. The minimum atomic E-state index is -4.57. The van der Waals surface area contributed by atoms with Crippen molar-refractivity contribution in [3.8, 4) is 11.4 Å². The number of aryl methyl sites for hydroxylation is 1. The fourth-order valence-electron chi connectivity index (χ4n) is 2.69. The molecule has 3 N–H and O–H groups in total. The number of ether oxygens (including phenoxy) is 1. The van der Waals surface area contributed by atoms with Crippen LogP contribution in [0.15, 0.2) is 48.5 Å². The molecule has 0 bridgehead atoms. The van der Waals surface area contributed by atoms with Gasteiger partial charge in [-0.1, -0.05) is 17.7 Å². The van der Waals surface area contributed by atoms with Crippen LogP contribution in [0.2, 0.25) is 5.02 Å². The van der Waals surface area contributed by atoms with Crippen molar-refractivity contribution < 1.29 is 27.5 Å². The first-order chi connectivity index (χ1) is 14.5. The third-order valence-electron chi connectivity index (χ3n) is 4.09. The van der Waals surface area contributed by atoms with Crippen LogP contribution in [-0.2, 0) is 11.0 Å². The van der Waals surface area contributed by atoms with Crippen molar-refractivity contribution in [3.05, 3.63) is 70.4 Å². The summed E-state index contributed by atoms with van der Waals surface area (Å²) in [4.78, 5) is 23.5. The summed E-state index contributed by atoms with van der Waals surface area (Å²) in [5.74, 6) is -0.892. The van der Waals surface area contributed by atoms with Crippen molar-refractivity contribution in [1.82, 2.24) is 9.78 Å². The van der Waals surface area contributed by atoms with E-state index in [4.69, 9.17) is 22.1 Å². The molecule has 0 aliphatic heterocycles. The maximum absolute atomic E-state index is 13.1. The molecular weight excluding hydrogens is 437 g/mol. The molecule has 1 heterocycles. The normalized spacial score (nSPS) is 11.3. The van der Waals surface area contributed by atoms with Gasteiger partial charge < -0.3 is 15.8 Å². The van der Waals surface area contributed by atoms with Gasteiger partial charge in [-0.3, -0.25) is 9.59 Å². The number of nitrogens with one attached hydrogen (secondary N) is 1. The number of anilines is 1. The van der Waals surface area contributed by atoms with Crippen molar-refractivity contribution in [3.63, 3.8) is 0 Å². The lowest BCUT2D eigenvalue weighted by atomic mass is 10.2. The summed E-state index contributed by atoms with van der Waals surface area (Å²) in [5.41, 5.74) is 4.90. The topological polar surface area (TPSA) is 99.2 Å². The largest absolute Gasteiger partial charge is 0.484 e. The molecule has 2 amide bonds. The summed E-state index contributed by atoms with van der Waals surface area (Å²) in [7, 11) is 0. The quantitative estimate of drug-likeness (QED) is 0.591. The number of nitrogens with zero attached hydrogens (tertiary/aromatic N) is 2. The van der Waals surface area contributed by atoms with Crippen LogP contribution in [0.3, 0.4) is 0 Å². The van der Waals surface area contributed by atoms with Crippen molar-refractivity contribution in [2.45, 2.75) is 13.1 Å². The minimum Gasteiger partial charge on any atom is -0.484 e. The van der Waals surface area contributed by atoms with Gasteiger partial charge in [-0.25, -0.2) is 4.68 Å². The van der Waals surface area contributed by atoms with Gasteiger partial charge in [0, 0.05) is 11.6 Å². The average molecular weight is 453 g/mol. The number of aromatic nitrogens is 2. The fourth-order valence-corrected chi connectivity index (χ4v) is 2.89. The molecule has 31 heavy (non-hydrogen) atoms. The maximum Gasteiger partial charge on any atom is 0.416 e. The third-order valence-corrected chi connectivity index (χ3v) is 4.41. The first-order valence-electron chi connectivity index (χ1n) is 8.81. The number of alkyl halides is 3. The first kappa shape index (κ1) is 22.2. The zero-order chi connectivity index (χ0) is 22.8. The van der Waals surface area contributed by atoms with Gasteiger partial charge in [-0.05, 0) is 43.3 Å². The standard InChI is InChI=1S/C20H16ClF3N4O3/c1-11-7-17(26-18(29)10-31-14-4-2-3-12(8-14)19(25)30)28(27-11)16-9-13(20(22,23)24)5-6-15(16)21/h2-9H,10H2,1H3,(H2,25,30)(H,26,29). The first-order valence-corrected chi connectivity index (χ1v) is 9.18. The lowest BCUT2D eigenvalue weighted by Crippen LogP contribution is -2.22. The number of hydrogen-bond donors (Lipinski definition) is 2. The smallest absolute Gasteiger partial charge is 0.416 e. The molecule has 3 rings (SSSR count). The van der Waals surface area contributed by atoms with Crippen molar-refractivity contribution >= 4 is 29.2 Å². The second-order valence-corrected chi connectivity index (χ2v) is 6.88. The summed E-state index contributed by atoms with van der Waals surface area (Å²) >= 11 is 6.08. The van der Waals surface area contributed by atoms with E-state index in [1.54, 1.807) is 13.0 Å². The number of halogens is 4. The van der Waals surface area contributed by atoms with Crippen LogP contribution < -0.4 is 15.8 Å². The van der Waals surface area contributed by atoms with Crippen LogP contribution in [0.25, 0.3) is 5.69 Å². The number of benzene rings is 2. The third kappa shape index (κ3) is 5.34. The van der Waals surface area contributed by atoms with Gasteiger partial charge in [0.05, 0.1) is 22.0 Å². The van der Waals surface area contributed by atoms with E-state index in [9.17, 15) is 22.8 Å². The second kappa shape index (κ2) is 8.68. The predicted molar refractivity (Wildman–Crippen MR) is 107 cm³/mol. The van der Waals surface area contributed by atoms with E-state index in [1.807, 2.05) is 0 Å².